The summed E-state index contributed by atoms with van der Waals surface area (Å²) < 4.78 is 0.810. The highest BCUT2D eigenvalue weighted by Crippen LogP contribution is 2.46. The van der Waals surface area contributed by atoms with Crippen LogP contribution in [0.2, 0.25) is 0 Å². The molecule has 3 rings (SSSR count). The fraction of sp³-hybridized carbons (Fsp3) is 0.389. The lowest BCUT2D eigenvalue weighted by Gasteiger charge is -2.23. The Bertz CT molecular complexity index is 813. The van der Waals surface area contributed by atoms with Crippen molar-refractivity contribution in [1.82, 2.24) is 10.2 Å². The predicted molar refractivity (Wildman–Crippen MR) is 106 cm³/mol. The van der Waals surface area contributed by atoms with Gasteiger partial charge < -0.3 is 10.2 Å². The average molecular weight is 375 g/mol. The quantitative estimate of drug-likeness (QED) is 0.610. The van der Waals surface area contributed by atoms with Crippen molar-refractivity contribution in [3.8, 4) is 0 Å². The number of likely N-dealkylation sites (N-methyl/N-ethyl adjacent to an activating group) is 1. The highest BCUT2D eigenvalue weighted by molar-refractivity contribution is 8.01. The molecule has 1 N–H and O–H groups in total. The summed E-state index contributed by atoms with van der Waals surface area (Å²) in [5.41, 5.74) is 3.28. The van der Waals surface area contributed by atoms with Crippen molar-refractivity contribution in [2.24, 2.45) is 0 Å². The van der Waals surface area contributed by atoms with Crippen LogP contribution in [0, 0.1) is 0 Å². The standard InChI is InChI=1S/C18H22N4OS2/c1-5-19-16-20-21-17(25-16)24-11-12(23)10-15-18(2,3)13-8-6-7-9-14(13)22(15)4/h6-10H,5,11H2,1-4H3,(H,19,20)/b15-10-. The first-order chi connectivity index (χ1) is 11.9. The third kappa shape index (κ3) is 3.57. The molecule has 2 heterocycles. The Morgan fingerprint density at radius 1 is 1.36 bits per heavy atom. The second kappa shape index (κ2) is 7.17. The van der Waals surface area contributed by atoms with Gasteiger partial charge in [-0.2, -0.15) is 0 Å². The van der Waals surface area contributed by atoms with Crippen LogP contribution in [0.3, 0.4) is 0 Å². The lowest BCUT2D eigenvalue weighted by atomic mass is 9.83. The number of benzene rings is 1. The summed E-state index contributed by atoms with van der Waals surface area (Å²) in [5.74, 6) is 0.456. The van der Waals surface area contributed by atoms with Gasteiger partial charge >= 0.3 is 0 Å². The third-order valence-electron chi connectivity index (χ3n) is 4.31. The van der Waals surface area contributed by atoms with Crippen molar-refractivity contribution in [2.75, 3.05) is 29.6 Å². The molecule has 0 fully saturated rings. The Kier molecular flexibility index (Phi) is 5.15. The van der Waals surface area contributed by atoms with E-state index >= 15 is 0 Å². The second-order valence-electron chi connectivity index (χ2n) is 6.39. The molecule has 0 spiro atoms. The molecule has 1 aliphatic rings. The third-order valence-corrected chi connectivity index (χ3v) is 6.35. The molecule has 2 aromatic rings. The molecule has 0 aliphatic carbocycles. The summed E-state index contributed by atoms with van der Waals surface area (Å²) >= 11 is 2.91. The number of nitrogens with one attached hydrogen (secondary N) is 1. The van der Waals surface area contributed by atoms with E-state index in [0.717, 1.165) is 21.7 Å². The summed E-state index contributed by atoms with van der Waals surface area (Å²) in [6, 6.07) is 8.31. The number of anilines is 2. The van der Waals surface area contributed by atoms with Gasteiger partial charge in [0.25, 0.3) is 0 Å². The van der Waals surface area contributed by atoms with Crippen LogP contribution >= 0.6 is 23.1 Å². The van der Waals surface area contributed by atoms with Gasteiger partial charge in [-0.1, -0.05) is 55.1 Å². The fourth-order valence-electron chi connectivity index (χ4n) is 3.08. The molecule has 0 atom stereocenters. The molecule has 1 aromatic carbocycles. The Morgan fingerprint density at radius 2 is 2.12 bits per heavy atom. The molecule has 25 heavy (non-hydrogen) atoms. The van der Waals surface area contributed by atoms with Crippen molar-refractivity contribution < 1.29 is 4.79 Å². The van der Waals surface area contributed by atoms with E-state index in [1.54, 1.807) is 6.08 Å². The zero-order chi connectivity index (χ0) is 18.0. The predicted octanol–water partition coefficient (Wildman–Crippen LogP) is 3.94. The normalized spacial score (nSPS) is 17.0. The molecule has 0 unspecified atom stereocenters. The van der Waals surface area contributed by atoms with E-state index in [1.807, 2.05) is 26.1 Å². The second-order valence-corrected chi connectivity index (χ2v) is 8.59. The van der Waals surface area contributed by atoms with E-state index in [9.17, 15) is 4.79 Å². The summed E-state index contributed by atoms with van der Waals surface area (Å²) in [5, 5.41) is 12.1. The van der Waals surface area contributed by atoms with Gasteiger partial charge in [0, 0.05) is 36.5 Å². The van der Waals surface area contributed by atoms with E-state index in [1.165, 1.54) is 34.3 Å². The molecular formula is C18H22N4OS2. The van der Waals surface area contributed by atoms with Gasteiger partial charge in [-0.25, -0.2) is 0 Å². The van der Waals surface area contributed by atoms with Crippen LogP contribution in [0.1, 0.15) is 26.3 Å². The van der Waals surface area contributed by atoms with Crippen LogP contribution in [0.15, 0.2) is 40.4 Å². The van der Waals surface area contributed by atoms with Crippen molar-refractivity contribution in [3.05, 3.63) is 41.6 Å². The van der Waals surface area contributed by atoms with Gasteiger partial charge in [-0.3, -0.25) is 4.79 Å². The molecule has 1 aliphatic heterocycles. The van der Waals surface area contributed by atoms with Crippen LogP contribution in [-0.2, 0) is 10.2 Å². The molecule has 0 radical (unpaired) electrons. The number of nitrogens with zero attached hydrogens (tertiary/aromatic N) is 3. The van der Waals surface area contributed by atoms with Crippen LogP contribution in [0.4, 0.5) is 10.8 Å². The number of carbonyl (C=O) groups excluding carboxylic acids is 1. The van der Waals surface area contributed by atoms with E-state index in [-0.39, 0.29) is 11.2 Å². The summed E-state index contributed by atoms with van der Waals surface area (Å²) in [7, 11) is 2.02. The SMILES string of the molecule is CCNc1nnc(SCC(=O)/C=C2\N(C)c3ccccc3C2(C)C)s1. The van der Waals surface area contributed by atoms with Crippen LogP contribution < -0.4 is 10.2 Å². The Labute approximate surface area is 156 Å². The average Bonchev–Trinajstić information content (AvgIpc) is 3.11. The maximum absolute atomic E-state index is 12.5. The highest BCUT2D eigenvalue weighted by atomic mass is 32.2. The van der Waals surface area contributed by atoms with E-state index in [0.29, 0.717) is 5.75 Å². The number of aromatic nitrogens is 2. The first-order valence-electron chi connectivity index (χ1n) is 8.22. The first kappa shape index (κ1) is 17.9. The molecule has 7 heteroatoms. The lowest BCUT2D eigenvalue weighted by molar-refractivity contribution is -0.112. The molecule has 132 valence electrons. The molecular weight excluding hydrogens is 352 g/mol. The number of hydrogen-bond acceptors (Lipinski definition) is 7. The van der Waals surface area contributed by atoms with Gasteiger partial charge in [0.15, 0.2) is 10.1 Å². The van der Waals surface area contributed by atoms with Crippen molar-refractivity contribution in [3.63, 3.8) is 0 Å². The van der Waals surface area contributed by atoms with Crippen molar-refractivity contribution >= 4 is 39.7 Å². The van der Waals surface area contributed by atoms with Gasteiger partial charge in [-0.15, -0.1) is 10.2 Å². The minimum absolute atomic E-state index is 0.0907. The van der Waals surface area contributed by atoms with Gasteiger partial charge in [0.05, 0.1) is 5.75 Å². The van der Waals surface area contributed by atoms with Crippen molar-refractivity contribution in [1.29, 1.82) is 0 Å². The topological polar surface area (TPSA) is 58.1 Å². The molecule has 1 aromatic heterocycles. The smallest absolute Gasteiger partial charge is 0.206 e. The molecule has 0 amide bonds. The maximum Gasteiger partial charge on any atom is 0.206 e. The summed E-state index contributed by atoms with van der Waals surface area (Å²) in [4.78, 5) is 14.6. The minimum atomic E-state index is -0.174. The molecule has 0 bridgehead atoms. The number of para-hydroxylation sites is 1. The van der Waals surface area contributed by atoms with Crippen LogP contribution in [-0.4, -0.2) is 35.3 Å². The highest BCUT2D eigenvalue weighted by Gasteiger charge is 2.38. The molecule has 5 nitrogen and oxygen atoms in total. The van der Waals surface area contributed by atoms with Crippen molar-refractivity contribution in [2.45, 2.75) is 30.5 Å². The Balaban J connectivity index is 1.71. The minimum Gasteiger partial charge on any atom is -0.360 e. The fourth-order valence-corrected chi connectivity index (χ4v) is 4.72. The van der Waals surface area contributed by atoms with E-state index < -0.39 is 0 Å². The zero-order valence-electron chi connectivity index (χ0n) is 14.9. The number of carbonyl (C=O) groups is 1. The monoisotopic (exact) mass is 374 g/mol. The van der Waals surface area contributed by atoms with Gasteiger partial charge in [-0.05, 0) is 18.6 Å². The first-order valence-corrected chi connectivity index (χ1v) is 10.0. The van der Waals surface area contributed by atoms with E-state index in [4.69, 9.17) is 0 Å². The van der Waals surface area contributed by atoms with Crippen LogP contribution in [0.5, 0.6) is 0 Å². The number of thioether (sulfide) groups is 1. The van der Waals surface area contributed by atoms with Gasteiger partial charge in [0.2, 0.25) is 5.13 Å². The number of ketones is 1. The summed E-state index contributed by atoms with van der Waals surface area (Å²) in [6.07, 6.45) is 1.78. The number of rotatable bonds is 6. The number of fused-ring (bicyclic) bond motifs is 1. The Hall–Kier alpha value is -1.86. The molecule has 0 saturated carbocycles. The van der Waals surface area contributed by atoms with Gasteiger partial charge in [0.1, 0.15) is 0 Å². The van der Waals surface area contributed by atoms with Crippen LogP contribution in [0.25, 0.3) is 0 Å². The Morgan fingerprint density at radius 3 is 2.84 bits per heavy atom. The number of allylic oxidation sites excluding steroid dienone is 2. The zero-order valence-corrected chi connectivity index (χ0v) is 16.5. The largest absolute Gasteiger partial charge is 0.360 e. The maximum atomic E-state index is 12.5. The van der Waals surface area contributed by atoms with E-state index in [2.05, 4.69) is 46.4 Å². The lowest BCUT2D eigenvalue weighted by Crippen LogP contribution is -2.24. The summed E-state index contributed by atoms with van der Waals surface area (Å²) in [6.45, 7) is 7.15. The molecule has 0 saturated heterocycles. The number of hydrogen-bond donors (Lipinski definition) is 1.